The van der Waals surface area contributed by atoms with Crippen LogP contribution in [-0.2, 0) is 42.8 Å². The summed E-state index contributed by atoms with van der Waals surface area (Å²) < 4.78 is 0. The minimum absolute atomic E-state index is 0. The second kappa shape index (κ2) is 25.9. The van der Waals surface area contributed by atoms with Gasteiger partial charge in [0, 0.05) is 21.1 Å². The molecule has 3 heteroatoms. The second-order valence-electron chi connectivity index (χ2n) is 11.0. The van der Waals surface area contributed by atoms with Gasteiger partial charge in [-0.15, -0.1) is 0 Å². The van der Waals surface area contributed by atoms with Crippen molar-refractivity contribution in [2.24, 2.45) is 10.8 Å². The number of hydrogen-bond donors (Lipinski definition) is 0. The third-order valence-electron chi connectivity index (χ3n) is 4.90. The standard InChI is InChI=1S/C18H15P.2C6H9.2C5H5.Pt.Ti/c1-4-10-16(11-5-1)19(17-12-6-2-7-13-17)18-14-8-3-9-15-18;2*1-5-6(2,3)4;2*1-2-4-5-3-1;;/h1-15H;2*2-4H3;2*1-5H;;/q;2*-1;;;;+3. The zero-order valence-electron chi connectivity index (χ0n) is 26.2. The summed E-state index contributed by atoms with van der Waals surface area (Å²) in [6, 6.07) is 32.3. The molecule has 0 bridgehead atoms. The molecule has 0 saturated heterocycles. The van der Waals surface area contributed by atoms with Gasteiger partial charge in [-0.2, -0.15) is 0 Å². The molecule has 2 aliphatic carbocycles. The molecule has 0 amide bonds. The van der Waals surface area contributed by atoms with Crippen molar-refractivity contribution in [3.05, 3.63) is 168 Å². The Kier molecular flexibility index (Phi) is 26.3. The first kappa shape index (κ1) is 43.7. The molecule has 0 spiro atoms. The average Bonchev–Trinajstić information content (AvgIpc) is 3.75. The Hall–Kier alpha value is -1.39. The molecule has 221 valence electrons. The van der Waals surface area contributed by atoms with E-state index < -0.39 is 7.92 Å². The molecule has 0 N–H and O–H groups in total. The average molecular weight is 798 g/mol. The van der Waals surface area contributed by atoms with Gasteiger partial charge >= 0.3 is 21.7 Å². The molecule has 3 aromatic rings. The van der Waals surface area contributed by atoms with Gasteiger partial charge in [-0.05, 0) is 98.9 Å². The predicted molar refractivity (Wildman–Crippen MR) is 181 cm³/mol. The Morgan fingerprint density at radius 1 is 0.419 bits per heavy atom. The number of rotatable bonds is 3. The summed E-state index contributed by atoms with van der Waals surface area (Å²) in [5.41, 5.74) is -0.0833. The topological polar surface area (TPSA) is 0 Å². The quantitative estimate of drug-likeness (QED) is 0.108. The van der Waals surface area contributed by atoms with Crippen LogP contribution in [0.4, 0.5) is 0 Å². The van der Waals surface area contributed by atoms with Gasteiger partial charge in [-0.25, -0.2) is 0 Å². The van der Waals surface area contributed by atoms with Crippen LogP contribution in [0, 0.1) is 99.7 Å². The van der Waals surface area contributed by atoms with Crippen molar-refractivity contribution in [2.45, 2.75) is 41.5 Å². The van der Waals surface area contributed by atoms with Crippen molar-refractivity contribution < 1.29 is 42.8 Å². The SMILES string of the molecule is [C-]#CC(C)(C)C.[C-]#CC(C)(C)C.[CH]1[CH][CH][CH][CH]1.[CH]1[CH][CH][CH][CH]1.[Pt].[Ti+3].c1ccc(P(c2ccccc2)c2ccccc2)cc1. The van der Waals surface area contributed by atoms with Crippen LogP contribution in [0.1, 0.15) is 41.5 Å². The van der Waals surface area contributed by atoms with Gasteiger partial charge < -0.3 is 24.7 Å². The molecule has 2 fully saturated rings. The number of benzene rings is 3. The van der Waals surface area contributed by atoms with Crippen molar-refractivity contribution in [1.82, 2.24) is 0 Å². The smallest absolute Gasteiger partial charge is 0.693 e. The zero-order chi connectivity index (χ0) is 30.4. The second-order valence-corrected chi connectivity index (χ2v) is 13.2. The van der Waals surface area contributed by atoms with Crippen LogP contribution < -0.4 is 15.9 Å². The van der Waals surface area contributed by atoms with E-state index in [0.717, 1.165) is 0 Å². The van der Waals surface area contributed by atoms with Crippen LogP contribution in [0.15, 0.2) is 91.0 Å². The van der Waals surface area contributed by atoms with Gasteiger partial charge in [0.2, 0.25) is 0 Å². The molecular formula is C40H43PPtTi+. The maximum Gasteiger partial charge on any atom is 3.00 e. The Balaban J connectivity index is 0. The first-order chi connectivity index (χ1) is 19.6. The van der Waals surface area contributed by atoms with Crippen molar-refractivity contribution >= 4 is 23.8 Å². The van der Waals surface area contributed by atoms with E-state index >= 15 is 0 Å². The van der Waals surface area contributed by atoms with E-state index in [4.69, 9.17) is 12.8 Å². The van der Waals surface area contributed by atoms with Crippen molar-refractivity contribution in [3.63, 3.8) is 0 Å². The fraction of sp³-hybridized carbons (Fsp3) is 0.200. The molecule has 11 radical (unpaired) electrons. The molecule has 0 heterocycles. The third kappa shape index (κ3) is 23.6. The summed E-state index contributed by atoms with van der Waals surface area (Å²) in [5, 5.41) is 4.19. The predicted octanol–water partition coefficient (Wildman–Crippen LogP) is 8.73. The summed E-state index contributed by atoms with van der Waals surface area (Å²) in [4.78, 5) is 0. The molecule has 0 atom stereocenters. The van der Waals surface area contributed by atoms with Gasteiger partial charge in [0.05, 0.1) is 0 Å². The minimum atomic E-state index is -0.446. The van der Waals surface area contributed by atoms with Crippen LogP contribution in [-0.4, -0.2) is 0 Å². The van der Waals surface area contributed by atoms with E-state index in [0.29, 0.717) is 0 Å². The van der Waals surface area contributed by atoms with Crippen LogP contribution in [0.25, 0.3) is 0 Å². The summed E-state index contributed by atoms with van der Waals surface area (Å²) in [6.45, 7) is 11.7. The zero-order valence-corrected chi connectivity index (χ0v) is 30.9. The minimum Gasteiger partial charge on any atom is -0.693 e. The molecule has 2 aliphatic rings. The van der Waals surface area contributed by atoms with Crippen molar-refractivity contribution in [3.8, 4) is 11.8 Å². The van der Waals surface area contributed by atoms with Crippen LogP contribution >= 0.6 is 7.92 Å². The normalized spacial score (nSPS) is 13.1. The van der Waals surface area contributed by atoms with E-state index in [-0.39, 0.29) is 53.6 Å². The number of hydrogen-bond acceptors (Lipinski definition) is 0. The Morgan fingerprint density at radius 3 is 0.721 bits per heavy atom. The van der Waals surface area contributed by atoms with Crippen molar-refractivity contribution in [1.29, 1.82) is 0 Å². The van der Waals surface area contributed by atoms with Crippen molar-refractivity contribution in [2.75, 3.05) is 0 Å². The fourth-order valence-corrected chi connectivity index (χ4v) is 5.13. The molecule has 43 heavy (non-hydrogen) atoms. The van der Waals surface area contributed by atoms with Gasteiger partial charge in [-0.1, -0.05) is 133 Å². The first-order valence-corrected chi connectivity index (χ1v) is 15.1. The summed E-state index contributed by atoms with van der Waals surface area (Å²) in [6.07, 6.45) is 33.2. The third-order valence-corrected chi connectivity index (χ3v) is 7.35. The Morgan fingerprint density at radius 2 is 0.581 bits per heavy atom. The first-order valence-electron chi connectivity index (χ1n) is 13.7. The maximum atomic E-state index is 6.60. The summed E-state index contributed by atoms with van der Waals surface area (Å²) in [7, 11) is -0.446. The van der Waals surface area contributed by atoms with E-state index in [1.807, 2.05) is 106 Å². The van der Waals surface area contributed by atoms with E-state index in [2.05, 4.69) is 103 Å². The molecule has 0 unspecified atom stereocenters. The fourth-order valence-electron chi connectivity index (χ4n) is 2.82. The van der Waals surface area contributed by atoms with Crippen LogP contribution in [0.3, 0.4) is 0 Å². The molecule has 3 aromatic carbocycles. The molecule has 0 aliphatic heterocycles. The summed E-state index contributed by atoms with van der Waals surface area (Å²) in [5.74, 6) is 4.71. The molecular weight excluding hydrogens is 754 g/mol. The van der Waals surface area contributed by atoms with Gasteiger partial charge in [0.1, 0.15) is 0 Å². The molecule has 0 aromatic heterocycles. The monoisotopic (exact) mass is 797 g/mol. The molecule has 5 rings (SSSR count). The Labute approximate surface area is 296 Å². The summed E-state index contributed by atoms with van der Waals surface area (Å²) >= 11 is 0. The van der Waals surface area contributed by atoms with Gasteiger partial charge in [-0.3, -0.25) is 0 Å². The van der Waals surface area contributed by atoms with E-state index in [1.54, 1.807) is 0 Å². The van der Waals surface area contributed by atoms with Crippen LogP contribution in [0.2, 0.25) is 0 Å². The Bertz CT molecular complexity index is 966. The van der Waals surface area contributed by atoms with E-state index in [1.165, 1.54) is 15.9 Å². The molecule has 2 saturated carbocycles. The maximum absolute atomic E-state index is 6.60. The van der Waals surface area contributed by atoms with Crippen LogP contribution in [0.5, 0.6) is 0 Å². The molecule has 0 nitrogen and oxygen atoms in total. The van der Waals surface area contributed by atoms with Gasteiger partial charge in [0.15, 0.2) is 0 Å². The largest absolute Gasteiger partial charge is 3.00 e. The van der Waals surface area contributed by atoms with E-state index in [9.17, 15) is 0 Å². The van der Waals surface area contributed by atoms with Gasteiger partial charge in [0.25, 0.3) is 0 Å².